The van der Waals surface area contributed by atoms with E-state index in [9.17, 15) is 4.79 Å². The average molecular weight is 424 g/mol. The van der Waals surface area contributed by atoms with Crippen molar-refractivity contribution in [2.24, 2.45) is 11.8 Å². The van der Waals surface area contributed by atoms with Gasteiger partial charge in [-0.1, -0.05) is 11.6 Å². The fraction of sp³-hybridized carbons (Fsp3) is 0.762. The average Bonchev–Trinajstić information content (AvgIpc) is 2.98. The number of rotatable bonds is 8. The molecule has 3 rings (SSSR count). The van der Waals surface area contributed by atoms with Gasteiger partial charge in [-0.15, -0.1) is 0 Å². The van der Waals surface area contributed by atoms with E-state index in [0.29, 0.717) is 29.9 Å². The first-order valence-corrected chi connectivity index (χ1v) is 11.3. The lowest BCUT2D eigenvalue weighted by Crippen LogP contribution is -2.40. The van der Waals surface area contributed by atoms with E-state index in [1.54, 1.807) is 12.4 Å². The van der Waals surface area contributed by atoms with Gasteiger partial charge in [0.1, 0.15) is 5.82 Å². The van der Waals surface area contributed by atoms with Crippen molar-refractivity contribution in [1.29, 1.82) is 0 Å². The molecule has 8 heteroatoms. The topological polar surface area (TPSA) is 81.6 Å². The van der Waals surface area contributed by atoms with Crippen molar-refractivity contribution in [1.82, 2.24) is 25.1 Å². The van der Waals surface area contributed by atoms with E-state index in [1.807, 2.05) is 0 Å². The van der Waals surface area contributed by atoms with Gasteiger partial charge in [0.05, 0.1) is 18.2 Å². The maximum Gasteiger partial charge on any atom is 0.225 e. The second-order valence-corrected chi connectivity index (χ2v) is 8.68. The summed E-state index contributed by atoms with van der Waals surface area (Å²) in [6, 6.07) is 0. The maximum absolute atomic E-state index is 12.9. The molecule has 0 atom stereocenters. The van der Waals surface area contributed by atoms with E-state index < -0.39 is 0 Å². The second kappa shape index (κ2) is 11.8. The van der Waals surface area contributed by atoms with Crippen LogP contribution >= 0.6 is 11.6 Å². The number of hydrogen-bond acceptors (Lipinski definition) is 6. The molecule has 2 heterocycles. The van der Waals surface area contributed by atoms with Crippen LogP contribution in [0.5, 0.6) is 0 Å². The van der Waals surface area contributed by atoms with E-state index in [2.05, 4.69) is 25.1 Å². The zero-order valence-electron chi connectivity index (χ0n) is 17.2. The molecular formula is C21H34ClN5O2. The molecule has 1 aromatic heterocycles. The Morgan fingerprint density at radius 3 is 2.62 bits per heavy atom. The zero-order valence-corrected chi connectivity index (χ0v) is 18.0. The van der Waals surface area contributed by atoms with E-state index in [4.69, 9.17) is 16.7 Å². The molecule has 1 aromatic rings. The predicted octanol–water partition coefficient (Wildman–Crippen LogP) is 1.94. The van der Waals surface area contributed by atoms with Gasteiger partial charge in [0, 0.05) is 44.5 Å². The van der Waals surface area contributed by atoms with Crippen molar-refractivity contribution in [3.05, 3.63) is 23.2 Å². The normalized spacial score (nSPS) is 23.7. The molecule has 29 heavy (non-hydrogen) atoms. The number of β-amino-alcohol motifs (C(OH)–C–C–N with tert-alkyl or cyclic N) is 1. The van der Waals surface area contributed by atoms with Crippen molar-refractivity contribution >= 4 is 17.5 Å². The van der Waals surface area contributed by atoms with Crippen LogP contribution in [0.3, 0.4) is 0 Å². The number of halogens is 1. The van der Waals surface area contributed by atoms with Crippen LogP contribution in [-0.2, 0) is 11.3 Å². The number of hydrogen-bond donors (Lipinski definition) is 2. The molecule has 0 aromatic carbocycles. The molecule has 0 bridgehead atoms. The highest BCUT2D eigenvalue weighted by Crippen LogP contribution is 2.32. The van der Waals surface area contributed by atoms with Gasteiger partial charge >= 0.3 is 0 Å². The fourth-order valence-corrected chi connectivity index (χ4v) is 4.55. The minimum absolute atomic E-state index is 0.194. The molecular weight excluding hydrogens is 390 g/mol. The van der Waals surface area contributed by atoms with Crippen molar-refractivity contribution < 1.29 is 9.90 Å². The molecule has 2 fully saturated rings. The van der Waals surface area contributed by atoms with Gasteiger partial charge in [0.2, 0.25) is 5.91 Å². The quantitative estimate of drug-likeness (QED) is 0.622. The highest BCUT2D eigenvalue weighted by Gasteiger charge is 2.30. The molecule has 0 radical (unpaired) electrons. The van der Waals surface area contributed by atoms with Crippen LogP contribution in [0.25, 0.3) is 0 Å². The van der Waals surface area contributed by atoms with Gasteiger partial charge in [-0.05, 0) is 57.5 Å². The Kier molecular flexibility index (Phi) is 9.11. The molecule has 1 aliphatic carbocycles. The smallest absolute Gasteiger partial charge is 0.225 e. The third kappa shape index (κ3) is 7.17. The standard InChI is InChI=1S/C21H34ClN5O2/c22-19-14-24-20(25-15-19)16-23-7-6-17-2-4-18(5-3-17)21(29)27-9-1-8-26(10-11-27)12-13-28/h14-15,17-18,23,28H,1-13,16H2. The molecule has 162 valence electrons. The Morgan fingerprint density at radius 2 is 1.90 bits per heavy atom. The third-order valence-electron chi connectivity index (χ3n) is 6.20. The summed E-state index contributed by atoms with van der Waals surface area (Å²) >= 11 is 5.80. The largest absolute Gasteiger partial charge is 0.395 e. The summed E-state index contributed by atoms with van der Waals surface area (Å²) in [4.78, 5) is 25.7. The highest BCUT2D eigenvalue weighted by molar-refractivity contribution is 6.30. The molecule has 1 saturated heterocycles. The summed E-state index contributed by atoms with van der Waals surface area (Å²) in [7, 11) is 0. The molecule has 1 saturated carbocycles. The lowest BCUT2D eigenvalue weighted by Gasteiger charge is -2.32. The van der Waals surface area contributed by atoms with Crippen molar-refractivity contribution in [2.45, 2.75) is 45.1 Å². The number of amides is 1. The zero-order chi connectivity index (χ0) is 20.5. The highest BCUT2D eigenvalue weighted by atomic mass is 35.5. The first-order chi connectivity index (χ1) is 14.2. The van der Waals surface area contributed by atoms with E-state index in [1.165, 1.54) is 0 Å². The lowest BCUT2D eigenvalue weighted by molar-refractivity contribution is -0.136. The molecule has 2 N–H and O–H groups in total. The van der Waals surface area contributed by atoms with Gasteiger partial charge in [0.15, 0.2) is 0 Å². The minimum Gasteiger partial charge on any atom is -0.395 e. The van der Waals surface area contributed by atoms with Crippen molar-refractivity contribution in [2.75, 3.05) is 45.9 Å². The summed E-state index contributed by atoms with van der Waals surface area (Å²) in [6.45, 7) is 6.03. The first kappa shape index (κ1) is 22.4. The van der Waals surface area contributed by atoms with Gasteiger partial charge in [0.25, 0.3) is 0 Å². The SMILES string of the molecule is O=C(C1CCC(CCNCc2ncc(Cl)cn2)CC1)N1CCCN(CCO)CC1. The van der Waals surface area contributed by atoms with Crippen LogP contribution in [-0.4, -0.2) is 76.7 Å². The predicted molar refractivity (Wildman–Crippen MR) is 114 cm³/mol. The minimum atomic E-state index is 0.194. The summed E-state index contributed by atoms with van der Waals surface area (Å²) in [5.41, 5.74) is 0. The molecule has 0 spiro atoms. The molecule has 1 amide bonds. The van der Waals surface area contributed by atoms with Gasteiger partial charge < -0.3 is 15.3 Å². The Hall–Kier alpha value is -1.28. The van der Waals surface area contributed by atoms with Gasteiger partial charge in [-0.2, -0.15) is 0 Å². The number of nitrogens with zero attached hydrogens (tertiary/aromatic N) is 4. The Bertz CT molecular complexity index is 622. The van der Waals surface area contributed by atoms with Crippen LogP contribution in [0.1, 0.15) is 44.3 Å². The Labute approximate surface area is 178 Å². The number of carbonyl (C=O) groups excluding carboxylic acids is 1. The van der Waals surface area contributed by atoms with E-state index in [-0.39, 0.29) is 12.5 Å². The van der Waals surface area contributed by atoms with Gasteiger partial charge in [-0.3, -0.25) is 9.69 Å². The van der Waals surface area contributed by atoms with Crippen LogP contribution < -0.4 is 5.32 Å². The Balaban J connectivity index is 1.32. The van der Waals surface area contributed by atoms with E-state index >= 15 is 0 Å². The molecule has 7 nitrogen and oxygen atoms in total. The number of aromatic nitrogens is 2. The lowest BCUT2D eigenvalue weighted by atomic mass is 9.80. The van der Waals surface area contributed by atoms with E-state index in [0.717, 1.165) is 77.1 Å². The van der Waals surface area contributed by atoms with Crippen molar-refractivity contribution in [3.8, 4) is 0 Å². The van der Waals surface area contributed by atoms with Crippen LogP contribution in [0.15, 0.2) is 12.4 Å². The summed E-state index contributed by atoms with van der Waals surface area (Å²) < 4.78 is 0. The maximum atomic E-state index is 12.9. The third-order valence-corrected chi connectivity index (χ3v) is 6.39. The van der Waals surface area contributed by atoms with Crippen LogP contribution in [0.4, 0.5) is 0 Å². The van der Waals surface area contributed by atoms with Gasteiger partial charge in [-0.25, -0.2) is 9.97 Å². The molecule has 2 aliphatic rings. The molecule has 1 aliphatic heterocycles. The summed E-state index contributed by atoms with van der Waals surface area (Å²) in [5, 5.41) is 13.1. The fourth-order valence-electron chi connectivity index (χ4n) is 4.45. The number of carbonyl (C=O) groups is 1. The Morgan fingerprint density at radius 1 is 1.14 bits per heavy atom. The van der Waals surface area contributed by atoms with Crippen LogP contribution in [0.2, 0.25) is 5.02 Å². The summed E-state index contributed by atoms with van der Waals surface area (Å²) in [5.74, 6) is 2.01. The second-order valence-electron chi connectivity index (χ2n) is 8.24. The number of aliphatic hydroxyl groups is 1. The molecule has 0 unspecified atom stereocenters. The number of aliphatic hydroxyl groups excluding tert-OH is 1. The van der Waals surface area contributed by atoms with Crippen LogP contribution in [0, 0.1) is 11.8 Å². The first-order valence-electron chi connectivity index (χ1n) is 10.9. The summed E-state index contributed by atoms with van der Waals surface area (Å²) in [6.07, 6.45) is 9.69. The monoisotopic (exact) mass is 423 g/mol. The van der Waals surface area contributed by atoms with Crippen molar-refractivity contribution in [3.63, 3.8) is 0 Å². The number of nitrogens with one attached hydrogen (secondary N) is 1.